The first kappa shape index (κ1) is 6.84. The highest BCUT2D eigenvalue weighted by Crippen LogP contribution is 1.94. The summed E-state index contributed by atoms with van der Waals surface area (Å²) in [5.41, 5.74) is 0.201. The number of aryl methyl sites for hydroxylation is 1. The summed E-state index contributed by atoms with van der Waals surface area (Å²) < 4.78 is 0. The van der Waals surface area contributed by atoms with Crippen molar-refractivity contribution in [3.63, 3.8) is 0 Å². The highest BCUT2D eigenvalue weighted by molar-refractivity contribution is 5.66. The Morgan fingerprint density at radius 3 is 3.08 bits per heavy atom. The lowest BCUT2D eigenvalue weighted by Gasteiger charge is -1.92. The molecule has 0 unspecified atom stereocenters. The molecular formula is C6H5N5O. The number of fused-ring (bicyclic) bond motifs is 1. The Morgan fingerprint density at radius 2 is 2.25 bits per heavy atom. The van der Waals surface area contributed by atoms with Crippen molar-refractivity contribution in [2.75, 3.05) is 0 Å². The lowest BCUT2D eigenvalue weighted by molar-refractivity contribution is 0.925. The van der Waals surface area contributed by atoms with Crippen molar-refractivity contribution >= 4 is 11.2 Å². The minimum absolute atomic E-state index is 0.227. The molecule has 2 aromatic heterocycles. The van der Waals surface area contributed by atoms with Gasteiger partial charge < -0.3 is 4.98 Å². The van der Waals surface area contributed by atoms with Crippen LogP contribution in [0.5, 0.6) is 0 Å². The standard InChI is InChI=1S/C6H5N5O/c1-3-9-4-5(11-10-3)7-2-8-6(4)12/h2H,1H3,(H,7,8,11,12). The Kier molecular flexibility index (Phi) is 1.33. The minimum atomic E-state index is -0.294. The van der Waals surface area contributed by atoms with Crippen LogP contribution in [0.4, 0.5) is 0 Å². The highest BCUT2D eigenvalue weighted by Gasteiger charge is 2.01. The predicted molar refractivity (Wildman–Crippen MR) is 40.5 cm³/mol. The summed E-state index contributed by atoms with van der Waals surface area (Å²) in [6.07, 6.45) is 1.27. The maximum atomic E-state index is 11.1. The van der Waals surface area contributed by atoms with Gasteiger partial charge in [-0.15, -0.1) is 10.2 Å². The molecule has 6 heteroatoms. The summed E-state index contributed by atoms with van der Waals surface area (Å²) in [5, 5.41) is 7.37. The van der Waals surface area contributed by atoms with E-state index < -0.39 is 0 Å². The molecule has 0 aromatic carbocycles. The van der Waals surface area contributed by atoms with Gasteiger partial charge in [-0.1, -0.05) is 0 Å². The van der Waals surface area contributed by atoms with Gasteiger partial charge in [0.25, 0.3) is 5.56 Å². The van der Waals surface area contributed by atoms with E-state index in [9.17, 15) is 4.79 Å². The van der Waals surface area contributed by atoms with Crippen molar-refractivity contribution < 1.29 is 0 Å². The van der Waals surface area contributed by atoms with Gasteiger partial charge in [-0.25, -0.2) is 9.97 Å². The molecule has 0 saturated heterocycles. The summed E-state index contributed by atoms with van der Waals surface area (Å²) >= 11 is 0. The number of aromatic nitrogens is 5. The molecule has 2 aromatic rings. The zero-order valence-corrected chi connectivity index (χ0v) is 6.27. The van der Waals surface area contributed by atoms with Crippen LogP contribution in [0.2, 0.25) is 0 Å². The Morgan fingerprint density at radius 1 is 1.42 bits per heavy atom. The van der Waals surface area contributed by atoms with Crippen molar-refractivity contribution in [2.24, 2.45) is 0 Å². The van der Waals surface area contributed by atoms with E-state index in [-0.39, 0.29) is 16.7 Å². The fourth-order valence-corrected chi connectivity index (χ4v) is 0.861. The van der Waals surface area contributed by atoms with Crippen LogP contribution in [0.3, 0.4) is 0 Å². The molecule has 0 amide bonds. The van der Waals surface area contributed by atoms with Crippen LogP contribution < -0.4 is 5.56 Å². The average Bonchev–Trinajstić information content (AvgIpc) is 2.07. The number of H-pyrrole nitrogens is 1. The van der Waals surface area contributed by atoms with Crippen LogP contribution >= 0.6 is 0 Å². The van der Waals surface area contributed by atoms with E-state index >= 15 is 0 Å². The number of rotatable bonds is 0. The molecule has 0 aliphatic heterocycles. The minimum Gasteiger partial charge on any atom is -0.311 e. The first-order chi connectivity index (χ1) is 5.77. The molecule has 2 rings (SSSR count). The van der Waals surface area contributed by atoms with Crippen molar-refractivity contribution in [1.29, 1.82) is 0 Å². The van der Waals surface area contributed by atoms with E-state index in [1.54, 1.807) is 6.92 Å². The third kappa shape index (κ3) is 0.931. The molecule has 12 heavy (non-hydrogen) atoms. The Bertz CT molecular complexity index is 477. The summed E-state index contributed by atoms with van der Waals surface area (Å²) in [5.74, 6) is 0.459. The van der Waals surface area contributed by atoms with Gasteiger partial charge in [0.05, 0.1) is 6.33 Å². The molecule has 1 N–H and O–H groups in total. The van der Waals surface area contributed by atoms with Gasteiger partial charge in [-0.3, -0.25) is 4.79 Å². The summed E-state index contributed by atoms with van der Waals surface area (Å²) in [4.78, 5) is 21.2. The summed E-state index contributed by atoms with van der Waals surface area (Å²) in [6.45, 7) is 1.67. The fourth-order valence-electron chi connectivity index (χ4n) is 0.861. The lowest BCUT2D eigenvalue weighted by Crippen LogP contribution is -2.10. The molecule has 0 fully saturated rings. The second-order valence-corrected chi connectivity index (χ2v) is 2.26. The fraction of sp³-hybridized carbons (Fsp3) is 0.167. The molecule has 6 nitrogen and oxygen atoms in total. The predicted octanol–water partition coefficient (Wildman–Crippen LogP) is -0.583. The maximum Gasteiger partial charge on any atom is 0.279 e. The maximum absolute atomic E-state index is 11.1. The first-order valence-corrected chi connectivity index (χ1v) is 3.32. The molecule has 0 spiro atoms. The number of aromatic amines is 1. The van der Waals surface area contributed by atoms with Gasteiger partial charge in [-0.2, -0.15) is 0 Å². The van der Waals surface area contributed by atoms with Gasteiger partial charge in [0.15, 0.2) is 5.52 Å². The van der Waals surface area contributed by atoms with Gasteiger partial charge in [0.2, 0.25) is 5.65 Å². The third-order valence-corrected chi connectivity index (χ3v) is 1.37. The van der Waals surface area contributed by atoms with Crippen LogP contribution in [-0.2, 0) is 0 Å². The van der Waals surface area contributed by atoms with Crippen molar-refractivity contribution in [3.05, 3.63) is 22.5 Å². The Balaban J connectivity index is 2.98. The first-order valence-electron chi connectivity index (χ1n) is 3.32. The number of hydrogen-bond acceptors (Lipinski definition) is 5. The highest BCUT2D eigenvalue weighted by atomic mass is 16.1. The van der Waals surface area contributed by atoms with Crippen molar-refractivity contribution in [2.45, 2.75) is 6.92 Å². The van der Waals surface area contributed by atoms with Gasteiger partial charge in [0.1, 0.15) is 5.82 Å². The van der Waals surface area contributed by atoms with Crippen LogP contribution in [-0.4, -0.2) is 25.1 Å². The van der Waals surface area contributed by atoms with Crippen molar-refractivity contribution in [3.8, 4) is 0 Å². The van der Waals surface area contributed by atoms with Crippen LogP contribution in [0, 0.1) is 6.92 Å². The van der Waals surface area contributed by atoms with Crippen LogP contribution in [0.25, 0.3) is 11.2 Å². The molecular weight excluding hydrogens is 158 g/mol. The molecule has 2 heterocycles. The number of nitrogens with zero attached hydrogens (tertiary/aromatic N) is 4. The van der Waals surface area contributed by atoms with E-state index in [0.29, 0.717) is 5.82 Å². The second-order valence-electron chi connectivity index (χ2n) is 2.26. The van der Waals surface area contributed by atoms with Gasteiger partial charge in [-0.05, 0) is 6.92 Å². The molecule has 0 radical (unpaired) electrons. The summed E-state index contributed by atoms with van der Waals surface area (Å²) in [6, 6.07) is 0. The van der Waals surface area contributed by atoms with E-state index in [1.807, 2.05) is 0 Å². The van der Waals surface area contributed by atoms with E-state index in [4.69, 9.17) is 0 Å². The third-order valence-electron chi connectivity index (χ3n) is 1.37. The Hall–Kier alpha value is -1.85. The molecule has 0 aliphatic rings. The molecule has 0 saturated carbocycles. The normalized spacial score (nSPS) is 10.4. The monoisotopic (exact) mass is 163 g/mol. The summed E-state index contributed by atoms with van der Waals surface area (Å²) in [7, 11) is 0. The number of nitrogens with one attached hydrogen (secondary N) is 1. The van der Waals surface area contributed by atoms with Crippen LogP contribution in [0.1, 0.15) is 5.82 Å². The van der Waals surface area contributed by atoms with Gasteiger partial charge in [0, 0.05) is 0 Å². The van der Waals surface area contributed by atoms with Crippen LogP contribution in [0.15, 0.2) is 11.1 Å². The quantitative estimate of drug-likeness (QED) is 0.561. The smallest absolute Gasteiger partial charge is 0.279 e. The SMILES string of the molecule is Cc1nnc2nc[nH]c(=O)c2n1. The topological polar surface area (TPSA) is 84.4 Å². The number of hydrogen-bond donors (Lipinski definition) is 1. The molecule has 0 aliphatic carbocycles. The lowest BCUT2D eigenvalue weighted by atomic mass is 10.5. The van der Waals surface area contributed by atoms with E-state index in [1.165, 1.54) is 6.33 Å². The largest absolute Gasteiger partial charge is 0.311 e. The van der Waals surface area contributed by atoms with Crippen molar-refractivity contribution in [1.82, 2.24) is 25.1 Å². The van der Waals surface area contributed by atoms with Gasteiger partial charge >= 0.3 is 0 Å². The Labute approximate surface area is 66.7 Å². The van der Waals surface area contributed by atoms with E-state index in [0.717, 1.165) is 0 Å². The van der Waals surface area contributed by atoms with E-state index in [2.05, 4.69) is 25.1 Å². The molecule has 60 valence electrons. The molecule has 0 bridgehead atoms. The molecule has 0 atom stereocenters. The second kappa shape index (κ2) is 2.33. The zero-order chi connectivity index (χ0) is 8.55. The average molecular weight is 163 g/mol. The zero-order valence-electron chi connectivity index (χ0n) is 6.27.